The summed E-state index contributed by atoms with van der Waals surface area (Å²) in [5.41, 5.74) is 1.80. The second-order valence-electron chi connectivity index (χ2n) is 8.01. The molecule has 0 radical (unpaired) electrons. The molecule has 2 aromatic rings. The second-order valence-corrected chi connectivity index (χ2v) is 8.01. The van der Waals surface area contributed by atoms with Crippen LogP contribution in [0.4, 0.5) is 0 Å². The molecule has 2 aromatic carbocycles. The average Bonchev–Trinajstić information content (AvgIpc) is 3.54. The molecule has 0 unspecified atom stereocenters. The largest absolute Gasteiger partial charge is 0.346 e. The van der Waals surface area contributed by atoms with Gasteiger partial charge in [0.2, 0.25) is 5.91 Å². The number of nitrogens with zero attached hydrogens (tertiary/aromatic N) is 3. The van der Waals surface area contributed by atoms with Crippen molar-refractivity contribution in [3.05, 3.63) is 70.8 Å². The normalized spacial score (nSPS) is 25.0. The van der Waals surface area contributed by atoms with E-state index >= 15 is 0 Å². The predicted octanol–water partition coefficient (Wildman–Crippen LogP) is 3.11. The zero-order valence-corrected chi connectivity index (χ0v) is 16.4. The van der Waals surface area contributed by atoms with Crippen LogP contribution in [0, 0.1) is 28.1 Å². The molecule has 1 saturated heterocycles. The fourth-order valence-corrected chi connectivity index (χ4v) is 4.16. The van der Waals surface area contributed by atoms with Gasteiger partial charge in [0.1, 0.15) is 0 Å². The van der Waals surface area contributed by atoms with E-state index in [0.717, 1.165) is 29.5 Å². The Labute approximate surface area is 169 Å². The van der Waals surface area contributed by atoms with Crippen LogP contribution in [0.2, 0.25) is 0 Å². The summed E-state index contributed by atoms with van der Waals surface area (Å²) in [4.78, 5) is 14.6. The van der Waals surface area contributed by atoms with E-state index in [0.29, 0.717) is 5.56 Å². The molecule has 2 aliphatic rings. The third-order valence-corrected chi connectivity index (χ3v) is 6.22. The lowest BCUT2D eigenvalue weighted by molar-refractivity contribution is -0.131. The lowest BCUT2D eigenvalue weighted by atomic mass is 9.73. The van der Waals surface area contributed by atoms with Gasteiger partial charge in [0.15, 0.2) is 5.96 Å². The molecule has 4 rings (SSSR count). The van der Waals surface area contributed by atoms with Crippen molar-refractivity contribution < 1.29 is 4.79 Å². The number of nitrogens with one attached hydrogen (secondary N) is 2. The minimum atomic E-state index is -0.887. The van der Waals surface area contributed by atoms with E-state index in [9.17, 15) is 15.3 Å². The number of nitriles is 2. The van der Waals surface area contributed by atoms with Crippen molar-refractivity contribution in [2.75, 3.05) is 7.05 Å². The number of carbonyl (C=O) groups excluding carboxylic acids is 1. The van der Waals surface area contributed by atoms with E-state index in [1.807, 2.05) is 37.3 Å². The summed E-state index contributed by atoms with van der Waals surface area (Å²) in [7, 11) is 1.58. The van der Waals surface area contributed by atoms with Gasteiger partial charge in [0.05, 0.1) is 34.6 Å². The van der Waals surface area contributed by atoms with Gasteiger partial charge in [-0.15, -0.1) is 0 Å². The van der Waals surface area contributed by atoms with Crippen LogP contribution < -0.4 is 5.32 Å². The minimum Gasteiger partial charge on any atom is -0.346 e. The molecule has 2 N–H and O–H groups in total. The Morgan fingerprint density at radius 3 is 2.41 bits per heavy atom. The molecule has 1 heterocycles. The summed E-state index contributed by atoms with van der Waals surface area (Å²) >= 11 is 0. The van der Waals surface area contributed by atoms with Gasteiger partial charge in [-0.05, 0) is 48.6 Å². The highest BCUT2D eigenvalue weighted by Crippen LogP contribution is 2.48. The van der Waals surface area contributed by atoms with E-state index in [4.69, 9.17) is 5.41 Å². The van der Waals surface area contributed by atoms with E-state index in [-0.39, 0.29) is 17.3 Å². The molecule has 0 aromatic heterocycles. The van der Waals surface area contributed by atoms with Crippen LogP contribution in [0.15, 0.2) is 48.5 Å². The third-order valence-electron chi connectivity index (χ3n) is 6.22. The number of hydrogen-bond acceptors (Lipinski definition) is 4. The Morgan fingerprint density at radius 2 is 1.83 bits per heavy atom. The van der Waals surface area contributed by atoms with Gasteiger partial charge >= 0.3 is 0 Å². The minimum absolute atomic E-state index is 0.0224. The predicted molar refractivity (Wildman–Crippen MR) is 108 cm³/mol. The van der Waals surface area contributed by atoms with Crippen LogP contribution in [0.1, 0.15) is 47.9 Å². The Kier molecular flexibility index (Phi) is 4.17. The lowest BCUT2D eigenvalue weighted by Crippen LogP contribution is -2.62. The number of amides is 1. The van der Waals surface area contributed by atoms with Gasteiger partial charge in [-0.3, -0.25) is 15.1 Å². The number of guanidine groups is 1. The topological polar surface area (TPSA) is 104 Å². The zero-order chi connectivity index (χ0) is 20.8. The summed E-state index contributed by atoms with van der Waals surface area (Å²) < 4.78 is 0. The van der Waals surface area contributed by atoms with Crippen LogP contribution in [-0.2, 0) is 15.7 Å². The van der Waals surface area contributed by atoms with E-state index in [1.165, 1.54) is 4.90 Å². The summed E-state index contributed by atoms with van der Waals surface area (Å²) in [6.07, 6.45) is 1.73. The number of benzene rings is 2. The third kappa shape index (κ3) is 2.85. The molecule has 6 nitrogen and oxygen atoms in total. The van der Waals surface area contributed by atoms with Gasteiger partial charge in [-0.2, -0.15) is 10.5 Å². The molecule has 6 heteroatoms. The summed E-state index contributed by atoms with van der Waals surface area (Å²) in [6.45, 7) is 1.89. The number of carbonyl (C=O) groups is 1. The van der Waals surface area contributed by atoms with Gasteiger partial charge in [-0.25, -0.2) is 0 Å². The van der Waals surface area contributed by atoms with E-state index in [2.05, 4.69) is 17.5 Å². The molecule has 29 heavy (non-hydrogen) atoms. The smallest absolute Gasteiger partial charge is 0.239 e. The summed E-state index contributed by atoms with van der Waals surface area (Å²) in [5.74, 6) is -0.747. The van der Waals surface area contributed by atoms with Crippen molar-refractivity contribution in [3.8, 4) is 12.1 Å². The molecule has 2 fully saturated rings. The Morgan fingerprint density at radius 1 is 1.14 bits per heavy atom. The first-order valence-electron chi connectivity index (χ1n) is 9.51. The molecule has 1 saturated carbocycles. The molecule has 1 aliphatic carbocycles. The molecule has 144 valence electrons. The van der Waals surface area contributed by atoms with Crippen molar-refractivity contribution in [1.29, 1.82) is 15.9 Å². The maximum atomic E-state index is 13.3. The standard InChI is InChI=1S/C23H21N5O/c1-22(18-5-3-4-15(12-18)13-24)19(20(29)28(2)21(26)27-22)16-6-8-17(9-7-16)23(14-25)10-11-23/h3-9,12,19H,10-11H2,1-2H3,(H2,26,27)/t19-,22+/m0/s1. The Hall–Kier alpha value is -3.64. The second kappa shape index (κ2) is 6.46. The number of rotatable bonds is 3. The highest BCUT2D eigenvalue weighted by Gasteiger charge is 2.49. The van der Waals surface area contributed by atoms with Gasteiger partial charge < -0.3 is 5.32 Å². The van der Waals surface area contributed by atoms with Crippen molar-refractivity contribution >= 4 is 11.9 Å². The van der Waals surface area contributed by atoms with Gasteiger partial charge in [0.25, 0.3) is 0 Å². The molecule has 0 spiro atoms. The highest BCUT2D eigenvalue weighted by atomic mass is 16.2. The van der Waals surface area contributed by atoms with E-state index in [1.54, 1.807) is 25.2 Å². The molecule has 0 bridgehead atoms. The number of likely N-dealkylation sites (N-methyl/N-ethyl adjacent to an activating group) is 1. The van der Waals surface area contributed by atoms with Crippen molar-refractivity contribution in [1.82, 2.24) is 10.2 Å². The molecular weight excluding hydrogens is 362 g/mol. The quantitative estimate of drug-likeness (QED) is 0.850. The van der Waals surface area contributed by atoms with Gasteiger partial charge in [-0.1, -0.05) is 36.4 Å². The van der Waals surface area contributed by atoms with Crippen LogP contribution in [0.25, 0.3) is 0 Å². The van der Waals surface area contributed by atoms with Crippen molar-refractivity contribution in [2.45, 2.75) is 36.6 Å². The monoisotopic (exact) mass is 383 g/mol. The van der Waals surface area contributed by atoms with Crippen LogP contribution in [0.5, 0.6) is 0 Å². The average molecular weight is 383 g/mol. The Balaban J connectivity index is 1.81. The van der Waals surface area contributed by atoms with E-state index < -0.39 is 11.5 Å². The maximum Gasteiger partial charge on any atom is 0.239 e. The summed E-state index contributed by atoms with van der Waals surface area (Å²) in [6, 6.07) is 19.4. The van der Waals surface area contributed by atoms with Crippen molar-refractivity contribution in [2.24, 2.45) is 0 Å². The first-order chi connectivity index (χ1) is 13.8. The lowest BCUT2D eigenvalue weighted by Gasteiger charge is -2.46. The molecule has 1 aliphatic heterocycles. The SMILES string of the molecule is CN1C(=N)N[C@](C)(c2cccc(C#N)c2)[C@@H](c2ccc(C3(C#N)CC3)cc2)C1=O. The summed E-state index contributed by atoms with van der Waals surface area (Å²) in [5, 5.41) is 30.1. The fraction of sp³-hybridized carbons (Fsp3) is 0.304. The first-order valence-corrected chi connectivity index (χ1v) is 9.51. The van der Waals surface area contributed by atoms with Crippen LogP contribution in [-0.4, -0.2) is 23.8 Å². The highest BCUT2D eigenvalue weighted by molar-refractivity contribution is 6.02. The first kappa shape index (κ1) is 18.7. The van der Waals surface area contributed by atoms with Crippen LogP contribution in [0.3, 0.4) is 0 Å². The van der Waals surface area contributed by atoms with Gasteiger partial charge in [0, 0.05) is 7.05 Å². The van der Waals surface area contributed by atoms with Crippen molar-refractivity contribution in [3.63, 3.8) is 0 Å². The molecular formula is C23H21N5O. The molecule has 2 atom stereocenters. The zero-order valence-electron chi connectivity index (χ0n) is 16.4. The van der Waals surface area contributed by atoms with Crippen LogP contribution >= 0.6 is 0 Å². The molecule has 1 amide bonds. The maximum absolute atomic E-state index is 13.3. The Bertz CT molecular complexity index is 1090. The number of hydrogen-bond donors (Lipinski definition) is 2. The fourth-order valence-electron chi connectivity index (χ4n) is 4.16.